The summed E-state index contributed by atoms with van der Waals surface area (Å²) in [5.74, 6) is 0. The molecule has 1 fully saturated rings. The summed E-state index contributed by atoms with van der Waals surface area (Å²) >= 11 is 9.13. The van der Waals surface area contributed by atoms with E-state index >= 15 is 0 Å². The SMILES string of the molecule is CC(C)(C)OC(=O)N1CC[C@H](Nc2cnc(Cl)c(Br)c2)[C@H](F)C1. The van der Waals surface area contributed by atoms with Gasteiger partial charge in [-0.3, -0.25) is 0 Å². The van der Waals surface area contributed by atoms with Crippen molar-refractivity contribution >= 4 is 39.3 Å². The van der Waals surface area contributed by atoms with Gasteiger partial charge in [0.05, 0.1) is 28.9 Å². The lowest BCUT2D eigenvalue weighted by molar-refractivity contribution is 0.0125. The Labute approximate surface area is 148 Å². The lowest BCUT2D eigenvalue weighted by atomic mass is 10.0. The molecule has 0 spiro atoms. The van der Waals surface area contributed by atoms with E-state index in [4.69, 9.17) is 16.3 Å². The van der Waals surface area contributed by atoms with Crippen molar-refractivity contribution in [3.63, 3.8) is 0 Å². The molecule has 1 aliphatic heterocycles. The van der Waals surface area contributed by atoms with E-state index in [1.54, 1.807) is 33.0 Å². The largest absolute Gasteiger partial charge is 0.444 e. The number of halogens is 3. The van der Waals surface area contributed by atoms with Crippen molar-refractivity contribution < 1.29 is 13.9 Å². The smallest absolute Gasteiger partial charge is 0.410 e. The maximum atomic E-state index is 14.4. The second-order valence-corrected chi connectivity index (χ2v) is 7.69. The van der Waals surface area contributed by atoms with Crippen LogP contribution in [-0.4, -0.2) is 46.9 Å². The molecule has 2 atom stereocenters. The van der Waals surface area contributed by atoms with Crippen LogP contribution in [0.15, 0.2) is 16.7 Å². The minimum absolute atomic E-state index is 0.00870. The van der Waals surface area contributed by atoms with E-state index in [1.807, 2.05) is 0 Å². The number of hydrogen-bond acceptors (Lipinski definition) is 4. The Balaban J connectivity index is 1.93. The van der Waals surface area contributed by atoms with Crippen molar-refractivity contribution in [3.8, 4) is 0 Å². The van der Waals surface area contributed by atoms with Gasteiger partial charge in [-0.2, -0.15) is 0 Å². The van der Waals surface area contributed by atoms with Crippen molar-refractivity contribution in [1.82, 2.24) is 9.88 Å². The molecule has 0 aromatic carbocycles. The topological polar surface area (TPSA) is 54.5 Å². The Morgan fingerprint density at radius 1 is 1.57 bits per heavy atom. The number of aromatic nitrogens is 1. The van der Waals surface area contributed by atoms with Gasteiger partial charge in [0.1, 0.15) is 16.9 Å². The van der Waals surface area contributed by atoms with Gasteiger partial charge in [-0.25, -0.2) is 14.2 Å². The normalized spacial score (nSPS) is 21.9. The molecule has 0 saturated carbocycles. The van der Waals surface area contributed by atoms with Crippen LogP contribution < -0.4 is 5.32 Å². The molecule has 1 saturated heterocycles. The summed E-state index contributed by atoms with van der Waals surface area (Å²) in [6, 6.07) is 1.37. The number of nitrogens with one attached hydrogen (secondary N) is 1. The fourth-order valence-electron chi connectivity index (χ4n) is 2.27. The van der Waals surface area contributed by atoms with Gasteiger partial charge in [0.2, 0.25) is 0 Å². The molecular formula is C15H20BrClFN3O2. The highest BCUT2D eigenvalue weighted by atomic mass is 79.9. The van der Waals surface area contributed by atoms with Crippen LogP contribution in [0.3, 0.4) is 0 Å². The van der Waals surface area contributed by atoms with Crippen molar-refractivity contribution in [2.24, 2.45) is 0 Å². The first-order valence-electron chi connectivity index (χ1n) is 7.35. The van der Waals surface area contributed by atoms with E-state index in [0.29, 0.717) is 28.3 Å². The number of amides is 1. The third kappa shape index (κ3) is 5.21. The number of ether oxygens (including phenoxy) is 1. The Hall–Kier alpha value is -1.08. The molecule has 0 bridgehead atoms. The molecule has 23 heavy (non-hydrogen) atoms. The first-order valence-corrected chi connectivity index (χ1v) is 8.52. The number of pyridine rings is 1. The molecule has 0 aliphatic carbocycles. The lowest BCUT2D eigenvalue weighted by Gasteiger charge is -2.36. The molecule has 1 aromatic heterocycles. The monoisotopic (exact) mass is 407 g/mol. The molecule has 0 unspecified atom stereocenters. The number of carbonyl (C=O) groups is 1. The van der Waals surface area contributed by atoms with Crippen molar-refractivity contribution in [2.45, 2.75) is 45.0 Å². The molecule has 1 aromatic rings. The Morgan fingerprint density at radius 2 is 2.26 bits per heavy atom. The summed E-state index contributed by atoms with van der Waals surface area (Å²) in [6.07, 6.45) is 0.376. The molecule has 1 amide bonds. The molecule has 128 valence electrons. The zero-order valence-electron chi connectivity index (χ0n) is 13.3. The number of alkyl halides is 1. The van der Waals surface area contributed by atoms with Crippen LogP contribution in [0.25, 0.3) is 0 Å². The first kappa shape index (κ1) is 18.3. The molecule has 0 radical (unpaired) electrons. The Kier molecular flexibility index (Phi) is 5.73. The molecular weight excluding hydrogens is 389 g/mol. The maximum Gasteiger partial charge on any atom is 0.410 e. The quantitative estimate of drug-likeness (QED) is 0.743. The van der Waals surface area contributed by atoms with Gasteiger partial charge in [0.25, 0.3) is 0 Å². The van der Waals surface area contributed by atoms with Crippen molar-refractivity contribution in [1.29, 1.82) is 0 Å². The zero-order chi connectivity index (χ0) is 17.2. The van der Waals surface area contributed by atoms with Gasteiger partial charge in [0, 0.05) is 6.54 Å². The number of rotatable bonds is 2. The summed E-state index contributed by atoms with van der Waals surface area (Å²) in [5.41, 5.74) is 0.0961. The summed E-state index contributed by atoms with van der Waals surface area (Å²) in [5, 5.41) is 3.46. The van der Waals surface area contributed by atoms with Gasteiger partial charge in [-0.05, 0) is 49.2 Å². The van der Waals surface area contributed by atoms with Crippen LogP contribution in [0.4, 0.5) is 14.9 Å². The van der Waals surface area contributed by atoms with E-state index in [0.717, 1.165) is 0 Å². The third-order valence-corrected chi connectivity index (χ3v) is 4.48. The van der Waals surface area contributed by atoms with Crippen LogP contribution in [0, 0.1) is 0 Å². The number of hydrogen-bond donors (Lipinski definition) is 1. The average Bonchev–Trinajstić information content (AvgIpc) is 2.43. The van der Waals surface area contributed by atoms with Crippen LogP contribution in [0.1, 0.15) is 27.2 Å². The third-order valence-electron chi connectivity index (χ3n) is 3.34. The first-order chi connectivity index (χ1) is 10.7. The average molecular weight is 409 g/mol. The van der Waals surface area contributed by atoms with Gasteiger partial charge in [-0.15, -0.1) is 0 Å². The molecule has 1 aliphatic rings. The lowest BCUT2D eigenvalue weighted by Crippen LogP contribution is -2.51. The Bertz CT molecular complexity index is 582. The zero-order valence-corrected chi connectivity index (χ0v) is 15.6. The van der Waals surface area contributed by atoms with Gasteiger partial charge >= 0.3 is 6.09 Å². The highest BCUT2D eigenvalue weighted by Crippen LogP contribution is 2.25. The van der Waals surface area contributed by atoms with Crippen molar-refractivity contribution in [3.05, 3.63) is 21.9 Å². The van der Waals surface area contributed by atoms with E-state index in [1.165, 1.54) is 4.90 Å². The van der Waals surface area contributed by atoms with E-state index in [9.17, 15) is 9.18 Å². The predicted molar refractivity (Wildman–Crippen MR) is 91.7 cm³/mol. The summed E-state index contributed by atoms with van der Waals surface area (Å²) in [6.45, 7) is 5.82. The number of likely N-dealkylation sites (tertiary alicyclic amines) is 1. The fraction of sp³-hybridized carbons (Fsp3) is 0.600. The summed E-state index contributed by atoms with van der Waals surface area (Å²) in [4.78, 5) is 17.4. The molecule has 8 heteroatoms. The van der Waals surface area contributed by atoms with Crippen molar-refractivity contribution in [2.75, 3.05) is 18.4 Å². The predicted octanol–water partition coefficient (Wildman–Crippen LogP) is 4.26. The second-order valence-electron chi connectivity index (χ2n) is 6.48. The highest BCUT2D eigenvalue weighted by Gasteiger charge is 2.33. The van der Waals surface area contributed by atoms with E-state index in [2.05, 4.69) is 26.2 Å². The highest BCUT2D eigenvalue weighted by molar-refractivity contribution is 9.10. The number of carbonyl (C=O) groups excluding carboxylic acids is 1. The fourth-order valence-corrected chi connectivity index (χ4v) is 2.73. The number of anilines is 1. The minimum Gasteiger partial charge on any atom is -0.444 e. The second kappa shape index (κ2) is 7.21. The Morgan fingerprint density at radius 3 is 2.83 bits per heavy atom. The number of piperidine rings is 1. The maximum absolute atomic E-state index is 14.4. The van der Waals surface area contributed by atoms with Gasteiger partial charge in [0.15, 0.2) is 0 Å². The molecule has 2 rings (SSSR count). The summed E-state index contributed by atoms with van der Waals surface area (Å²) in [7, 11) is 0. The van der Waals surface area contributed by atoms with Crippen LogP contribution in [0.5, 0.6) is 0 Å². The molecule has 1 N–H and O–H groups in total. The van der Waals surface area contributed by atoms with E-state index < -0.39 is 17.9 Å². The van der Waals surface area contributed by atoms with Gasteiger partial charge < -0.3 is 15.0 Å². The van der Waals surface area contributed by atoms with E-state index in [-0.39, 0.29) is 12.6 Å². The van der Waals surface area contributed by atoms with Crippen LogP contribution >= 0.6 is 27.5 Å². The van der Waals surface area contributed by atoms with Gasteiger partial charge in [-0.1, -0.05) is 11.6 Å². The minimum atomic E-state index is -1.19. The number of nitrogens with zero attached hydrogens (tertiary/aromatic N) is 2. The standard InChI is InChI=1S/C15H20BrClFN3O2/c1-15(2,3)23-14(22)21-5-4-12(11(18)8-21)20-9-6-10(16)13(17)19-7-9/h6-7,11-12,20H,4-5,8H2,1-3H3/t11-,12+/m1/s1. The van der Waals surface area contributed by atoms with Crippen LogP contribution in [-0.2, 0) is 4.74 Å². The van der Waals surface area contributed by atoms with Crippen LogP contribution in [0.2, 0.25) is 5.15 Å². The molecule has 2 heterocycles. The summed E-state index contributed by atoms with van der Waals surface area (Å²) < 4.78 is 20.3. The molecule has 5 nitrogen and oxygen atoms in total.